The number of phenolic OH excluding ortho intramolecular Hbond substituents is 1. The van der Waals surface area contributed by atoms with Crippen molar-refractivity contribution in [1.29, 1.82) is 0 Å². The quantitative estimate of drug-likeness (QED) is 0.479. The lowest BCUT2D eigenvalue weighted by Crippen LogP contribution is -2.17. The number of rotatable bonds is 3. The molecule has 0 unspecified atom stereocenters. The van der Waals surface area contributed by atoms with E-state index in [4.69, 9.17) is 0 Å². The molecule has 0 aliphatic heterocycles. The standard InChI is InChI=1S/C12H11NO4/c1-2-17-12(16)11(15)8-3-4-9-7(10(8)14)5-6-13-9/h3-6,13-14H,2H2,1H3. The maximum atomic E-state index is 11.7. The van der Waals surface area contributed by atoms with Crippen LogP contribution in [-0.4, -0.2) is 28.4 Å². The Morgan fingerprint density at radius 3 is 2.82 bits per heavy atom. The summed E-state index contributed by atoms with van der Waals surface area (Å²) in [5.74, 6) is -2.01. The number of carbonyl (C=O) groups excluding carboxylic acids is 2. The van der Waals surface area contributed by atoms with Gasteiger partial charge in [0.05, 0.1) is 12.2 Å². The summed E-state index contributed by atoms with van der Waals surface area (Å²) in [4.78, 5) is 25.8. The van der Waals surface area contributed by atoms with Gasteiger partial charge in [0.1, 0.15) is 5.75 Å². The molecule has 1 aromatic carbocycles. The SMILES string of the molecule is CCOC(=O)C(=O)c1ccc2[nH]ccc2c1O. The van der Waals surface area contributed by atoms with Gasteiger partial charge in [-0.15, -0.1) is 0 Å². The van der Waals surface area contributed by atoms with E-state index < -0.39 is 11.8 Å². The van der Waals surface area contributed by atoms with E-state index in [1.165, 1.54) is 6.07 Å². The number of hydrogen-bond donors (Lipinski definition) is 2. The molecular formula is C12H11NO4. The molecule has 88 valence electrons. The maximum absolute atomic E-state index is 11.7. The molecule has 2 rings (SSSR count). The first-order valence-corrected chi connectivity index (χ1v) is 5.15. The second-order valence-corrected chi connectivity index (χ2v) is 3.45. The third kappa shape index (κ3) is 1.87. The number of H-pyrrole nitrogens is 1. The van der Waals surface area contributed by atoms with Gasteiger partial charge in [-0.2, -0.15) is 0 Å². The lowest BCUT2D eigenvalue weighted by molar-refractivity contribution is -0.137. The van der Waals surface area contributed by atoms with E-state index in [9.17, 15) is 14.7 Å². The topological polar surface area (TPSA) is 79.4 Å². The van der Waals surface area contributed by atoms with Crippen molar-refractivity contribution in [3.63, 3.8) is 0 Å². The fourth-order valence-electron chi connectivity index (χ4n) is 1.61. The molecule has 0 atom stereocenters. The number of aromatic nitrogens is 1. The van der Waals surface area contributed by atoms with E-state index in [0.29, 0.717) is 10.9 Å². The number of ketones is 1. The van der Waals surface area contributed by atoms with E-state index in [1.807, 2.05) is 0 Å². The zero-order valence-corrected chi connectivity index (χ0v) is 9.19. The van der Waals surface area contributed by atoms with Gasteiger partial charge < -0.3 is 14.8 Å². The Hall–Kier alpha value is -2.30. The van der Waals surface area contributed by atoms with Crippen LogP contribution in [0.3, 0.4) is 0 Å². The van der Waals surface area contributed by atoms with Crippen molar-refractivity contribution in [2.45, 2.75) is 6.92 Å². The number of aromatic amines is 1. The van der Waals surface area contributed by atoms with Crippen molar-refractivity contribution in [1.82, 2.24) is 4.98 Å². The normalized spacial score (nSPS) is 10.4. The Labute approximate surface area is 97.0 Å². The van der Waals surface area contributed by atoms with Crippen LogP contribution in [0.4, 0.5) is 0 Å². The van der Waals surface area contributed by atoms with Crippen molar-refractivity contribution in [3.05, 3.63) is 30.0 Å². The van der Waals surface area contributed by atoms with Crippen LogP contribution in [0.5, 0.6) is 5.75 Å². The first-order chi connectivity index (χ1) is 8.15. The number of esters is 1. The molecule has 0 amide bonds. The van der Waals surface area contributed by atoms with E-state index in [1.54, 1.807) is 25.3 Å². The van der Waals surface area contributed by atoms with Gasteiger partial charge in [-0.1, -0.05) is 0 Å². The van der Waals surface area contributed by atoms with Crippen molar-refractivity contribution in [2.24, 2.45) is 0 Å². The van der Waals surface area contributed by atoms with E-state index in [0.717, 1.165) is 0 Å². The second kappa shape index (κ2) is 4.29. The largest absolute Gasteiger partial charge is 0.506 e. The van der Waals surface area contributed by atoms with Crippen LogP contribution in [0.15, 0.2) is 24.4 Å². The van der Waals surface area contributed by atoms with Crippen LogP contribution in [0.25, 0.3) is 10.9 Å². The fraction of sp³-hybridized carbons (Fsp3) is 0.167. The summed E-state index contributed by atoms with van der Waals surface area (Å²) in [6, 6.07) is 4.65. The van der Waals surface area contributed by atoms with Crippen LogP contribution in [0, 0.1) is 0 Å². The van der Waals surface area contributed by atoms with Crippen LogP contribution in [0.1, 0.15) is 17.3 Å². The lowest BCUT2D eigenvalue weighted by atomic mass is 10.1. The lowest BCUT2D eigenvalue weighted by Gasteiger charge is -2.04. The first kappa shape index (κ1) is 11.2. The molecule has 0 aliphatic carbocycles. The Morgan fingerprint density at radius 2 is 2.12 bits per heavy atom. The third-order valence-electron chi connectivity index (χ3n) is 2.41. The van der Waals surface area contributed by atoms with Gasteiger partial charge >= 0.3 is 5.97 Å². The molecule has 0 aliphatic rings. The summed E-state index contributed by atoms with van der Waals surface area (Å²) in [6.07, 6.45) is 1.64. The van der Waals surface area contributed by atoms with Gasteiger partial charge in [0.15, 0.2) is 0 Å². The zero-order chi connectivity index (χ0) is 12.4. The predicted molar refractivity (Wildman–Crippen MR) is 60.9 cm³/mol. The van der Waals surface area contributed by atoms with Gasteiger partial charge in [-0.3, -0.25) is 4.79 Å². The summed E-state index contributed by atoms with van der Waals surface area (Å²) in [5.41, 5.74) is 0.651. The molecule has 0 fully saturated rings. The number of benzene rings is 1. The molecule has 17 heavy (non-hydrogen) atoms. The minimum absolute atomic E-state index is 0.0458. The molecule has 5 heteroatoms. The molecule has 1 aromatic heterocycles. The van der Waals surface area contributed by atoms with Crippen molar-refractivity contribution in [2.75, 3.05) is 6.61 Å². The zero-order valence-electron chi connectivity index (χ0n) is 9.19. The van der Waals surface area contributed by atoms with Crippen molar-refractivity contribution in [3.8, 4) is 5.75 Å². The smallest absolute Gasteiger partial charge is 0.379 e. The number of fused-ring (bicyclic) bond motifs is 1. The average Bonchev–Trinajstić information content (AvgIpc) is 2.78. The van der Waals surface area contributed by atoms with Crippen LogP contribution in [-0.2, 0) is 9.53 Å². The highest BCUT2D eigenvalue weighted by molar-refractivity contribution is 6.41. The van der Waals surface area contributed by atoms with Crippen LogP contribution in [0.2, 0.25) is 0 Å². The third-order valence-corrected chi connectivity index (χ3v) is 2.41. The maximum Gasteiger partial charge on any atom is 0.379 e. The van der Waals surface area contributed by atoms with Crippen LogP contribution < -0.4 is 0 Å². The van der Waals surface area contributed by atoms with Crippen molar-refractivity contribution >= 4 is 22.7 Å². The molecule has 2 N–H and O–H groups in total. The number of ether oxygens (including phenoxy) is 1. The fourth-order valence-corrected chi connectivity index (χ4v) is 1.61. The van der Waals surface area contributed by atoms with Crippen molar-refractivity contribution < 1.29 is 19.4 Å². The number of carbonyl (C=O) groups is 2. The van der Waals surface area contributed by atoms with Gasteiger partial charge in [0.25, 0.3) is 5.78 Å². The molecule has 0 spiro atoms. The summed E-state index contributed by atoms with van der Waals surface area (Å²) < 4.78 is 4.60. The highest BCUT2D eigenvalue weighted by Gasteiger charge is 2.22. The van der Waals surface area contributed by atoms with Gasteiger partial charge in [-0.05, 0) is 25.1 Å². The summed E-state index contributed by atoms with van der Waals surface area (Å²) in [5, 5.41) is 10.4. The van der Waals surface area contributed by atoms with Gasteiger partial charge in [0, 0.05) is 17.1 Å². The number of nitrogens with one attached hydrogen (secondary N) is 1. The number of Topliss-reactive ketones (excluding diaryl/α,β-unsaturated/α-hetero) is 1. The minimum Gasteiger partial charge on any atom is -0.506 e. The monoisotopic (exact) mass is 233 g/mol. The molecule has 2 aromatic rings. The van der Waals surface area contributed by atoms with E-state index in [-0.39, 0.29) is 17.9 Å². The first-order valence-electron chi connectivity index (χ1n) is 5.15. The van der Waals surface area contributed by atoms with E-state index >= 15 is 0 Å². The molecule has 5 nitrogen and oxygen atoms in total. The Morgan fingerprint density at radius 1 is 1.35 bits per heavy atom. The van der Waals surface area contributed by atoms with E-state index in [2.05, 4.69) is 9.72 Å². The molecule has 0 saturated carbocycles. The molecule has 1 heterocycles. The molecular weight excluding hydrogens is 222 g/mol. The summed E-state index contributed by atoms with van der Waals surface area (Å²) >= 11 is 0. The highest BCUT2D eigenvalue weighted by atomic mass is 16.5. The summed E-state index contributed by atoms with van der Waals surface area (Å²) in [7, 11) is 0. The van der Waals surface area contributed by atoms with Gasteiger partial charge in [-0.25, -0.2) is 4.79 Å². The molecule has 0 saturated heterocycles. The summed E-state index contributed by atoms with van der Waals surface area (Å²) in [6.45, 7) is 1.73. The number of phenols is 1. The highest BCUT2D eigenvalue weighted by Crippen LogP contribution is 2.28. The number of hydrogen-bond acceptors (Lipinski definition) is 4. The Kier molecular flexibility index (Phi) is 2.82. The second-order valence-electron chi connectivity index (χ2n) is 3.45. The van der Waals surface area contributed by atoms with Crippen LogP contribution >= 0.6 is 0 Å². The predicted octanol–water partition coefficient (Wildman–Crippen LogP) is 1.62. The number of aromatic hydroxyl groups is 1. The Bertz CT molecular complexity index is 585. The average molecular weight is 233 g/mol. The van der Waals surface area contributed by atoms with Gasteiger partial charge in [0.2, 0.25) is 0 Å². The minimum atomic E-state index is -0.960. The Balaban J connectivity index is 2.45. The molecule has 0 radical (unpaired) electrons. The molecule has 0 bridgehead atoms.